The van der Waals surface area contributed by atoms with Crippen LogP contribution in [0.1, 0.15) is 73.1 Å². The largest absolute Gasteiger partial charge is 0.335 e. The van der Waals surface area contributed by atoms with Gasteiger partial charge in [0.05, 0.1) is 6.54 Å². The summed E-state index contributed by atoms with van der Waals surface area (Å²) in [7, 11) is 0. The van der Waals surface area contributed by atoms with Gasteiger partial charge in [0, 0.05) is 18.6 Å². The van der Waals surface area contributed by atoms with Crippen molar-refractivity contribution in [1.82, 2.24) is 9.80 Å². The molecule has 3 heteroatoms. The fraction of sp³-hybridized carbons (Fsp3) is 0.944. The maximum Gasteiger partial charge on any atom is 0.237 e. The molecule has 0 radical (unpaired) electrons. The molecule has 1 aliphatic rings. The standard InChI is InChI=1S/C18H36N2O/c1-16(2)11-9-7-6-8-10-12-19-13-14-20(17(21)15-19)18(3,4)5/h16H,6-15H2,1-5H3. The molecule has 1 fully saturated rings. The lowest BCUT2D eigenvalue weighted by molar-refractivity contribution is -0.141. The van der Waals surface area contributed by atoms with Crippen molar-refractivity contribution in [1.29, 1.82) is 0 Å². The molecule has 1 amide bonds. The number of hydrogen-bond donors (Lipinski definition) is 0. The molecule has 0 aromatic heterocycles. The Hall–Kier alpha value is -0.570. The number of carbonyl (C=O) groups is 1. The van der Waals surface area contributed by atoms with Gasteiger partial charge in [-0.15, -0.1) is 0 Å². The summed E-state index contributed by atoms with van der Waals surface area (Å²) in [5.74, 6) is 1.14. The van der Waals surface area contributed by atoms with Gasteiger partial charge < -0.3 is 4.90 Å². The number of nitrogens with zero attached hydrogens (tertiary/aromatic N) is 2. The van der Waals surface area contributed by atoms with Crippen molar-refractivity contribution in [2.45, 2.75) is 78.7 Å². The van der Waals surface area contributed by atoms with E-state index in [1.54, 1.807) is 0 Å². The molecule has 3 nitrogen and oxygen atoms in total. The topological polar surface area (TPSA) is 23.6 Å². The summed E-state index contributed by atoms with van der Waals surface area (Å²) in [6.07, 6.45) is 8.01. The highest BCUT2D eigenvalue weighted by atomic mass is 16.2. The molecule has 1 aliphatic heterocycles. The second kappa shape index (κ2) is 8.77. The molecule has 1 saturated heterocycles. The predicted octanol–water partition coefficient (Wildman–Crippen LogP) is 3.93. The summed E-state index contributed by atoms with van der Waals surface area (Å²) in [4.78, 5) is 16.5. The Morgan fingerprint density at radius 1 is 1.00 bits per heavy atom. The number of amides is 1. The highest BCUT2D eigenvalue weighted by molar-refractivity contribution is 5.79. The van der Waals surface area contributed by atoms with E-state index in [-0.39, 0.29) is 5.54 Å². The number of piperazine rings is 1. The van der Waals surface area contributed by atoms with E-state index in [0.717, 1.165) is 25.6 Å². The average molecular weight is 296 g/mol. The molecule has 0 aliphatic carbocycles. The first-order valence-corrected chi connectivity index (χ1v) is 8.83. The van der Waals surface area contributed by atoms with E-state index in [2.05, 4.69) is 39.5 Å². The Balaban J connectivity index is 2.09. The molecule has 124 valence electrons. The zero-order chi connectivity index (χ0) is 15.9. The van der Waals surface area contributed by atoms with E-state index in [1.807, 2.05) is 4.90 Å². The van der Waals surface area contributed by atoms with Gasteiger partial charge >= 0.3 is 0 Å². The molecule has 21 heavy (non-hydrogen) atoms. The van der Waals surface area contributed by atoms with Crippen molar-refractivity contribution in [3.63, 3.8) is 0 Å². The first-order chi connectivity index (χ1) is 9.80. The van der Waals surface area contributed by atoms with Gasteiger partial charge in [-0.2, -0.15) is 0 Å². The minimum absolute atomic E-state index is 0.0282. The van der Waals surface area contributed by atoms with Crippen molar-refractivity contribution < 1.29 is 4.79 Å². The van der Waals surface area contributed by atoms with Crippen LogP contribution in [0.5, 0.6) is 0 Å². The Kier molecular flexibility index (Phi) is 7.72. The quantitative estimate of drug-likeness (QED) is 0.634. The molecule has 0 spiro atoms. The van der Waals surface area contributed by atoms with E-state index in [9.17, 15) is 4.79 Å². The van der Waals surface area contributed by atoms with Crippen molar-refractivity contribution >= 4 is 5.91 Å². The lowest BCUT2D eigenvalue weighted by atomic mass is 10.0. The SMILES string of the molecule is CC(C)CCCCCCCN1CCN(C(C)(C)C)C(=O)C1. The second-order valence-electron chi connectivity index (χ2n) is 7.94. The van der Waals surface area contributed by atoms with Gasteiger partial charge in [-0.05, 0) is 39.7 Å². The average Bonchev–Trinajstić information content (AvgIpc) is 2.35. The first-order valence-electron chi connectivity index (χ1n) is 8.83. The molecule has 1 heterocycles. The third-order valence-electron chi connectivity index (χ3n) is 4.37. The zero-order valence-electron chi connectivity index (χ0n) is 15.0. The third kappa shape index (κ3) is 7.30. The molecule has 0 atom stereocenters. The van der Waals surface area contributed by atoms with Crippen molar-refractivity contribution in [3.8, 4) is 0 Å². The van der Waals surface area contributed by atoms with Gasteiger partial charge in [-0.1, -0.05) is 46.0 Å². The number of carbonyl (C=O) groups excluding carboxylic acids is 1. The van der Waals surface area contributed by atoms with Crippen LogP contribution in [0, 0.1) is 5.92 Å². The summed E-state index contributed by atoms with van der Waals surface area (Å²) in [5, 5.41) is 0. The van der Waals surface area contributed by atoms with E-state index in [4.69, 9.17) is 0 Å². The van der Waals surface area contributed by atoms with Crippen LogP contribution in [0.25, 0.3) is 0 Å². The van der Waals surface area contributed by atoms with Gasteiger partial charge in [0.15, 0.2) is 0 Å². The Morgan fingerprint density at radius 2 is 1.62 bits per heavy atom. The van der Waals surface area contributed by atoms with Crippen molar-refractivity contribution in [2.24, 2.45) is 5.92 Å². The minimum atomic E-state index is -0.0282. The van der Waals surface area contributed by atoms with Crippen LogP contribution in [0.4, 0.5) is 0 Å². The number of hydrogen-bond acceptors (Lipinski definition) is 2. The third-order valence-corrected chi connectivity index (χ3v) is 4.37. The monoisotopic (exact) mass is 296 g/mol. The van der Waals surface area contributed by atoms with Crippen LogP contribution in [0.15, 0.2) is 0 Å². The van der Waals surface area contributed by atoms with Gasteiger partial charge in [0.1, 0.15) is 0 Å². The smallest absolute Gasteiger partial charge is 0.237 e. The highest BCUT2D eigenvalue weighted by Gasteiger charge is 2.31. The summed E-state index contributed by atoms with van der Waals surface area (Å²) >= 11 is 0. The van der Waals surface area contributed by atoms with Gasteiger partial charge in [0.2, 0.25) is 5.91 Å². The normalized spacial score (nSPS) is 17.8. The summed E-state index contributed by atoms with van der Waals surface area (Å²) in [6, 6.07) is 0. The molecular weight excluding hydrogens is 260 g/mol. The Morgan fingerprint density at radius 3 is 2.19 bits per heavy atom. The first kappa shape index (κ1) is 18.5. The fourth-order valence-electron chi connectivity index (χ4n) is 3.04. The van der Waals surface area contributed by atoms with E-state index >= 15 is 0 Å². The molecular formula is C18H36N2O. The molecule has 0 unspecified atom stereocenters. The Bertz CT molecular complexity index is 307. The number of rotatable bonds is 8. The van der Waals surface area contributed by atoms with Crippen LogP contribution in [0.3, 0.4) is 0 Å². The lowest BCUT2D eigenvalue weighted by Gasteiger charge is -2.42. The second-order valence-corrected chi connectivity index (χ2v) is 7.94. The maximum atomic E-state index is 12.2. The molecule has 0 bridgehead atoms. The zero-order valence-corrected chi connectivity index (χ0v) is 15.0. The lowest BCUT2D eigenvalue weighted by Crippen LogP contribution is -2.56. The summed E-state index contributed by atoms with van der Waals surface area (Å²) in [6.45, 7) is 14.6. The van der Waals surface area contributed by atoms with E-state index < -0.39 is 0 Å². The predicted molar refractivity (Wildman–Crippen MR) is 90.4 cm³/mol. The van der Waals surface area contributed by atoms with Crippen LogP contribution < -0.4 is 0 Å². The maximum absolute atomic E-state index is 12.2. The Labute approximate surface area is 132 Å². The van der Waals surface area contributed by atoms with Crippen LogP contribution in [-0.4, -0.2) is 47.4 Å². The summed E-state index contributed by atoms with van der Waals surface area (Å²) < 4.78 is 0. The van der Waals surface area contributed by atoms with Crippen molar-refractivity contribution in [2.75, 3.05) is 26.2 Å². The fourth-order valence-corrected chi connectivity index (χ4v) is 3.04. The van der Waals surface area contributed by atoms with E-state index in [1.165, 1.54) is 38.5 Å². The molecule has 0 aromatic carbocycles. The number of unbranched alkanes of at least 4 members (excludes halogenated alkanes) is 4. The van der Waals surface area contributed by atoms with Gasteiger partial charge in [-0.25, -0.2) is 0 Å². The minimum Gasteiger partial charge on any atom is -0.335 e. The van der Waals surface area contributed by atoms with Gasteiger partial charge in [0.25, 0.3) is 0 Å². The van der Waals surface area contributed by atoms with Gasteiger partial charge in [-0.3, -0.25) is 9.69 Å². The molecule has 0 N–H and O–H groups in total. The summed E-state index contributed by atoms with van der Waals surface area (Å²) in [5.41, 5.74) is -0.0282. The van der Waals surface area contributed by atoms with E-state index in [0.29, 0.717) is 12.5 Å². The highest BCUT2D eigenvalue weighted by Crippen LogP contribution is 2.17. The molecule has 1 rings (SSSR count). The van der Waals surface area contributed by atoms with Crippen LogP contribution in [0.2, 0.25) is 0 Å². The molecule has 0 aromatic rings. The van der Waals surface area contributed by atoms with Crippen LogP contribution in [-0.2, 0) is 4.79 Å². The molecule has 0 saturated carbocycles. The van der Waals surface area contributed by atoms with Crippen LogP contribution >= 0.6 is 0 Å². The van der Waals surface area contributed by atoms with Crippen molar-refractivity contribution in [3.05, 3.63) is 0 Å².